The standard InChI is InChI=1S/C21H29N3O2/c1-4-26-20-11-10-17(12-16(20)2)13-23-21(22-3)24-14-19(15-25)18-8-6-5-7-9-18/h5-12,19,25H,4,13-15H2,1-3H3,(H2,22,23,24). The molecule has 0 fully saturated rings. The first kappa shape index (κ1) is 19.8. The largest absolute Gasteiger partial charge is 0.494 e. The highest BCUT2D eigenvalue weighted by Gasteiger charge is 2.11. The number of aliphatic hydroxyl groups excluding tert-OH is 1. The summed E-state index contributed by atoms with van der Waals surface area (Å²) >= 11 is 0. The first-order valence-corrected chi connectivity index (χ1v) is 9.00. The van der Waals surface area contributed by atoms with E-state index in [-0.39, 0.29) is 12.5 Å². The van der Waals surface area contributed by atoms with Crippen molar-refractivity contribution in [2.75, 3.05) is 26.8 Å². The fourth-order valence-corrected chi connectivity index (χ4v) is 2.78. The summed E-state index contributed by atoms with van der Waals surface area (Å²) in [7, 11) is 1.75. The van der Waals surface area contributed by atoms with Crippen LogP contribution in [0.25, 0.3) is 0 Å². The lowest BCUT2D eigenvalue weighted by atomic mass is 10.0. The van der Waals surface area contributed by atoms with Crippen LogP contribution in [0.15, 0.2) is 53.5 Å². The number of ether oxygens (including phenoxy) is 1. The van der Waals surface area contributed by atoms with Gasteiger partial charge >= 0.3 is 0 Å². The van der Waals surface area contributed by atoms with Gasteiger partial charge in [0.2, 0.25) is 0 Å². The number of benzene rings is 2. The van der Waals surface area contributed by atoms with Crippen molar-refractivity contribution in [1.29, 1.82) is 0 Å². The summed E-state index contributed by atoms with van der Waals surface area (Å²) < 4.78 is 5.58. The zero-order valence-corrected chi connectivity index (χ0v) is 15.8. The zero-order chi connectivity index (χ0) is 18.8. The maximum atomic E-state index is 9.66. The van der Waals surface area contributed by atoms with E-state index in [1.165, 1.54) is 0 Å². The Balaban J connectivity index is 1.88. The third-order valence-electron chi connectivity index (χ3n) is 4.23. The predicted octanol–water partition coefficient (Wildman–Crippen LogP) is 2.83. The van der Waals surface area contributed by atoms with Gasteiger partial charge in [-0.15, -0.1) is 0 Å². The molecule has 0 bridgehead atoms. The zero-order valence-electron chi connectivity index (χ0n) is 15.8. The summed E-state index contributed by atoms with van der Waals surface area (Å²) in [5.41, 5.74) is 3.40. The summed E-state index contributed by atoms with van der Waals surface area (Å²) in [5, 5.41) is 16.3. The third-order valence-corrected chi connectivity index (χ3v) is 4.23. The second-order valence-corrected chi connectivity index (χ2v) is 6.13. The smallest absolute Gasteiger partial charge is 0.191 e. The summed E-state index contributed by atoms with van der Waals surface area (Å²) in [4.78, 5) is 4.26. The molecule has 5 heteroatoms. The van der Waals surface area contributed by atoms with Gasteiger partial charge in [-0.25, -0.2) is 0 Å². The van der Waals surface area contributed by atoms with E-state index in [1.54, 1.807) is 7.05 Å². The van der Waals surface area contributed by atoms with Gasteiger partial charge in [-0.05, 0) is 36.6 Å². The van der Waals surface area contributed by atoms with Gasteiger partial charge in [0.1, 0.15) is 5.75 Å². The molecular formula is C21H29N3O2. The molecule has 0 saturated heterocycles. The van der Waals surface area contributed by atoms with Crippen LogP contribution < -0.4 is 15.4 Å². The molecule has 0 aliphatic rings. The molecule has 0 heterocycles. The number of hydrogen-bond acceptors (Lipinski definition) is 3. The van der Waals surface area contributed by atoms with E-state index >= 15 is 0 Å². The molecular weight excluding hydrogens is 326 g/mol. The molecule has 2 aromatic carbocycles. The first-order chi connectivity index (χ1) is 12.7. The van der Waals surface area contributed by atoms with Crippen molar-refractivity contribution < 1.29 is 9.84 Å². The van der Waals surface area contributed by atoms with Crippen molar-refractivity contribution in [1.82, 2.24) is 10.6 Å². The molecule has 0 saturated carbocycles. The molecule has 2 aromatic rings. The van der Waals surface area contributed by atoms with Crippen LogP contribution >= 0.6 is 0 Å². The van der Waals surface area contributed by atoms with E-state index in [2.05, 4.69) is 27.8 Å². The normalized spacial score (nSPS) is 12.5. The lowest BCUT2D eigenvalue weighted by Crippen LogP contribution is -2.39. The number of aliphatic imine (C=N–C) groups is 1. The fraction of sp³-hybridized carbons (Fsp3) is 0.381. The van der Waals surface area contributed by atoms with Gasteiger partial charge in [-0.1, -0.05) is 42.5 Å². The average Bonchev–Trinajstić information content (AvgIpc) is 2.67. The Kier molecular flexibility index (Phi) is 7.96. The van der Waals surface area contributed by atoms with E-state index in [0.29, 0.717) is 25.7 Å². The molecule has 5 nitrogen and oxygen atoms in total. The highest BCUT2D eigenvalue weighted by atomic mass is 16.5. The minimum atomic E-state index is 0.0301. The number of guanidine groups is 1. The van der Waals surface area contributed by atoms with Crippen molar-refractivity contribution >= 4 is 5.96 Å². The molecule has 140 valence electrons. The average molecular weight is 355 g/mol. The SMILES string of the molecule is CCOc1ccc(CNC(=NC)NCC(CO)c2ccccc2)cc1C. The second-order valence-electron chi connectivity index (χ2n) is 6.13. The molecule has 0 radical (unpaired) electrons. The fourth-order valence-electron chi connectivity index (χ4n) is 2.78. The van der Waals surface area contributed by atoms with Crippen LogP contribution in [-0.2, 0) is 6.54 Å². The molecule has 26 heavy (non-hydrogen) atoms. The van der Waals surface area contributed by atoms with Crippen LogP contribution in [0.3, 0.4) is 0 Å². The molecule has 0 aromatic heterocycles. The Morgan fingerprint density at radius 1 is 1.15 bits per heavy atom. The maximum absolute atomic E-state index is 9.66. The lowest BCUT2D eigenvalue weighted by Gasteiger charge is -2.18. The number of aryl methyl sites for hydroxylation is 1. The van der Waals surface area contributed by atoms with Crippen molar-refractivity contribution in [3.63, 3.8) is 0 Å². The van der Waals surface area contributed by atoms with Gasteiger partial charge in [-0.3, -0.25) is 4.99 Å². The van der Waals surface area contributed by atoms with Gasteiger partial charge in [0.05, 0.1) is 13.2 Å². The van der Waals surface area contributed by atoms with E-state index in [1.807, 2.05) is 50.2 Å². The topological polar surface area (TPSA) is 65.9 Å². The molecule has 1 unspecified atom stereocenters. The third kappa shape index (κ3) is 5.77. The van der Waals surface area contributed by atoms with E-state index in [0.717, 1.165) is 22.4 Å². The monoisotopic (exact) mass is 355 g/mol. The summed E-state index contributed by atoms with van der Waals surface area (Å²) in [5.74, 6) is 1.67. The number of nitrogens with one attached hydrogen (secondary N) is 2. The molecule has 1 atom stereocenters. The van der Waals surface area contributed by atoms with Crippen LogP contribution in [-0.4, -0.2) is 37.9 Å². The van der Waals surface area contributed by atoms with E-state index in [9.17, 15) is 5.11 Å². The summed E-state index contributed by atoms with van der Waals surface area (Å²) in [6.45, 7) is 6.08. The molecule has 0 amide bonds. The summed E-state index contributed by atoms with van der Waals surface area (Å²) in [6.07, 6.45) is 0. The van der Waals surface area contributed by atoms with Crippen LogP contribution in [0.4, 0.5) is 0 Å². The Morgan fingerprint density at radius 3 is 2.54 bits per heavy atom. The van der Waals surface area contributed by atoms with Gasteiger partial charge in [0, 0.05) is 26.1 Å². The van der Waals surface area contributed by atoms with Gasteiger partial charge in [-0.2, -0.15) is 0 Å². The molecule has 2 rings (SSSR count). The Labute approximate surface area is 156 Å². The van der Waals surface area contributed by atoms with Crippen molar-refractivity contribution in [3.8, 4) is 5.75 Å². The molecule has 0 aliphatic heterocycles. The van der Waals surface area contributed by atoms with Crippen LogP contribution in [0.1, 0.15) is 29.5 Å². The van der Waals surface area contributed by atoms with Gasteiger partial charge < -0.3 is 20.5 Å². The van der Waals surface area contributed by atoms with Gasteiger partial charge in [0.15, 0.2) is 5.96 Å². The van der Waals surface area contributed by atoms with Crippen LogP contribution in [0.2, 0.25) is 0 Å². The number of hydrogen-bond donors (Lipinski definition) is 3. The Hall–Kier alpha value is -2.53. The summed E-state index contributed by atoms with van der Waals surface area (Å²) in [6, 6.07) is 16.2. The maximum Gasteiger partial charge on any atom is 0.191 e. The van der Waals surface area contributed by atoms with Crippen molar-refractivity contribution in [2.45, 2.75) is 26.3 Å². The number of aliphatic hydroxyl groups is 1. The quantitative estimate of drug-likeness (QED) is 0.503. The Bertz CT molecular complexity index is 702. The van der Waals surface area contributed by atoms with Crippen molar-refractivity contribution in [3.05, 3.63) is 65.2 Å². The van der Waals surface area contributed by atoms with E-state index < -0.39 is 0 Å². The Morgan fingerprint density at radius 2 is 1.92 bits per heavy atom. The van der Waals surface area contributed by atoms with Crippen molar-refractivity contribution in [2.24, 2.45) is 4.99 Å². The minimum Gasteiger partial charge on any atom is -0.494 e. The minimum absolute atomic E-state index is 0.0301. The molecule has 0 aliphatic carbocycles. The highest BCUT2D eigenvalue weighted by molar-refractivity contribution is 5.79. The predicted molar refractivity (Wildman–Crippen MR) is 107 cm³/mol. The van der Waals surface area contributed by atoms with E-state index in [4.69, 9.17) is 4.74 Å². The number of rotatable bonds is 8. The second kappa shape index (κ2) is 10.5. The van der Waals surface area contributed by atoms with Gasteiger partial charge in [0.25, 0.3) is 0 Å². The molecule has 3 N–H and O–H groups in total. The first-order valence-electron chi connectivity index (χ1n) is 9.00. The lowest BCUT2D eigenvalue weighted by molar-refractivity contribution is 0.265. The number of nitrogens with zero attached hydrogens (tertiary/aromatic N) is 1. The highest BCUT2D eigenvalue weighted by Crippen LogP contribution is 2.19. The van der Waals surface area contributed by atoms with Crippen LogP contribution in [0.5, 0.6) is 5.75 Å². The van der Waals surface area contributed by atoms with Crippen LogP contribution in [0, 0.1) is 6.92 Å². The molecule has 0 spiro atoms.